The van der Waals surface area contributed by atoms with Crippen molar-refractivity contribution in [2.45, 2.75) is 5.92 Å². The van der Waals surface area contributed by atoms with Gasteiger partial charge in [-0.1, -0.05) is 0 Å². The molecule has 1 heterocycles. The van der Waals surface area contributed by atoms with Crippen LogP contribution in [0.15, 0.2) is 48.5 Å². The molecule has 0 saturated heterocycles. The maximum atomic E-state index is 14.0. The molecule has 1 atom stereocenters. The van der Waals surface area contributed by atoms with E-state index in [4.69, 9.17) is 10.5 Å². The Morgan fingerprint density at radius 3 is 2.54 bits per heavy atom. The Bertz CT molecular complexity index is 831. The average molecular weight is 329 g/mol. The van der Waals surface area contributed by atoms with E-state index in [2.05, 4.69) is 10.2 Å². The van der Waals surface area contributed by atoms with E-state index in [1.165, 1.54) is 6.07 Å². The Hall–Kier alpha value is -2.73. The lowest BCUT2D eigenvalue weighted by Crippen LogP contribution is -2.16. The first-order chi connectivity index (χ1) is 11.6. The van der Waals surface area contributed by atoms with Crippen molar-refractivity contribution in [3.05, 3.63) is 71.4 Å². The van der Waals surface area contributed by atoms with Crippen molar-refractivity contribution in [3.63, 3.8) is 0 Å². The van der Waals surface area contributed by atoms with E-state index in [0.717, 1.165) is 23.4 Å². The van der Waals surface area contributed by atoms with Gasteiger partial charge in [0.15, 0.2) is 0 Å². The van der Waals surface area contributed by atoms with Crippen LogP contribution in [-0.2, 0) is 0 Å². The van der Waals surface area contributed by atoms with Crippen LogP contribution in [-0.4, -0.2) is 23.9 Å². The summed E-state index contributed by atoms with van der Waals surface area (Å²) in [6.07, 6.45) is 0. The van der Waals surface area contributed by atoms with E-state index in [0.29, 0.717) is 11.4 Å². The first-order valence-corrected chi connectivity index (χ1v) is 7.47. The van der Waals surface area contributed by atoms with E-state index >= 15 is 0 Å². The summed E-state index contributed by atoms with van der Waals surface area (Å²) in [6.45, 7) is 0.130. The summed E-state index contributed by atoms with van der Waals surface area (Å²) in [5.41, 5.74) is 8.21. The summed E-state index contributed by atoms with van der Waals surface area (Å²) in [5, 5.41) is 7.13. The third-order valence-electron chi connectivity index (χ3n) is 3.93. The van der Waals surface area contributed by atoms with E-state index in [9.17, 15) is 8.78 Å². The number of rotatable bonds is 5. The molecule has 0 bridgehead atoms. The normalized spacial score (nSPS) is 12.2. The van der Waals surface area contributed by atoms with Crippen LogP contribution in [0.5, 0.6) is 5.75 Å². The Morgan fingerprint density at radius 1 is 1.12 bits per heavy atom. The van der Waals surface area contributed by atoms with Gasteiger partial charge in [0, 0.05) is 29.3 Å². The molecule has 24 heavy (non-hydrogen) atoms. The van der Waals surface area contributed by atoms with Crippen LogP contribution in [0.4, 0.5) is 8.78 Å². The summed E-state index contributed by atoms with van der Waals surface area (Å²) in [7, 11) is 1.60. The smallest absolute Gasteiger partial charge is 0.127 e. The van der Waals surface area contributed by atoms with Crippen molar-refractivity contribution in [3.8, 4) is 17.0 Å². The zero-order valence-corrected chi connectivity index (χ0v) is 13.1. The van der Waals surface area contributed by atoms with Crippen LogP contribution < -0.4 is 10.5 Å². The third kappa shape index (κ3) is 3.14. The number of halogens is 2. The topological polar surface area (TPSA) is 63.9 Å². The van der Waals surface area contributed by atoms with E-state index < -0.39 is 17.6 Å². The van der Waals surface area contributed by atoms with Gasteiger partial charge in [0.1, 0.15) is 17.4 Å². The predicted molar refractivity (Wildman–Crippen MR) is 87.8 cm³/mol. The molecule has 0 spiro atoms. The van der Waals surface area contributed by atoms with E-state index in [1.807, 2.05) is 24.3 Å². The van der Waals surface area contributed by atoms with Gasteiger partial charge in [-0.3, -0.25) is 5.10 Å². The maximum Gasteiger partial charge on any atom is 0.127 e. The fourth-order valence-corrected chi connectivity index (χ4v) is 2.63. The Labute approximate surface area is 138 Å². The molecule has 4 nitrogen and oxygen atoms in total. The van der Waals surface area contributed by atoms with Crippen LogP contribution >= 0.6 is 0 Å². The number of hydrogen-bond donors (Lipinski definition) is 2. The molecular formula is C18H17F2N3O. The first kappa shape index (κ1) is 16.1. The molecule has 124 valence electrons. The van der Waals surface area contributed by atoms with Gasteiger partial charge in [-0.25, -0.2) is 8.78 Å². The molecule has 2 aromatic carbocycles. The van der Waals surface area contributed by atoms with Crippen LogP contribution in [0.3, 0.4) is 0 Å². The molecule has 0 radical (unpaired) electrons. The second kappa shape index (κ2) is 6.80. The van der Waals surface area contributed by atoms with E-state index in [-0.39, 0.29) is 12.1 Å². The summed E-state index contributed by atoms with van der Waals surface area (Å²) in [5.74, 6) is -0.747. The quantitative estimate of drug-likeness (QED) is 0.753. The number of benzene rings is 2. The standard InChI is InChI=1S/C18H17F2N3O/c1-24-13-5-2-11(3-6-13)17-9-18(23-22-17)15(10-21)14-8-12(19)4-7-16(14)20/h2-9,15H,10,21H2,1H3,(H,22,23). The van der Waals surface area contributed by atoms with E-state index in [1.54, 1.807) is 13.2 Å². The summed E-state index contributed by atoms with van der Waals surface area (Å²) >= 11 is 0. The number of ether oxygens (including phenoxy) is 1. The van der Waals surface area contributed by atoms with Gasteiger partial charge in [-0.05, 0) is 48.5 Å². The predicted octanol–water partition coefficient (Wildman–Crippen LogP) is 3.45. The molecule has 3 rings (SSSR count). The van der Waals surface area contributed by atoms with Gasteiger partial charge in [0.2, 0.25) is 0 Å². The first-order valence-electron chi connectivity index (χ1n) is 7.47. The molecule has 0 aliphatic heterocycles. The fourth-order valence-electron chi connectivity index (χ4n) is 2.63. The number of hydrogen-bond acceptors (Lipinski definition) is 3. The summed E-state index contributed by atoms with van der Waals surface area (Å²) in [4.78, 5) is 0. The molecule has 3 N–H and O–H groups in total. The number of aromatic amines is 1. The lowest BCUT2D eigenvalue weighted by atomic mass is 9.94. The SMILES string of the molecule is COc1ccc(-c2cc(C(CN)c3cc(F)ccc3F)[nH]n2)cc1. The van der Waals surface area contributed by atoms with Gasteiger partial charge < -0.3 is 10.5 Å². The number of aromatic nitrogens is 2. The monoisotopic (exact) mass is 329 g/mol. The van der Waals surface area contributed by atoms with Crippen molar-refractivity contribution in [2.75, 3.05) is 13.7 Å². The highest BCUT2D eigenvalue weighted by Crippen LogP contribution is 2.28. The highest BCUT2D eigenvalue weighted by Gasteiger charge is 2.20. The maximum absolute atomic E-state index is 14.0. The van der Waals surface area contributed by atoms with Gasteiger partial charge in [-0.2, -0.15) is 5.10 Å². The fraction of sp³-hybridized carbons (Fsp3) is 0.167. The van der Waals surface area contributed by atoms with Crippen molar-refractivity contribution in [1.29, 1.82) is 0 Å². The van der Waals surface area contributed by atoms with Crippen molar-refractivity contribution < 1.29 is 13.5 Å². The summed E-state index contributed by atoms with van der Waals surface area (Å²) < 4.78 is 32.6. The largest absolute Gasteiger partial charge is 0.497 e. The van der Waals surface area contributed by atoms with Crippen LogP contribution in [0.2, 0.25) is 0 Å². The lowest BCUT2D eigenvalue weighted by molar-refractivity contribution is 0.415. The molecule has 6 heteroatoms. The minimum Gasteiger partial charge on any atom is -0.497 e. The lowest BCUT2D eigenvalue weighted by Gasteiger charge is -2.14. The van der Waals surface area contributed by atoms with Gasteiger partial charge >= 0.3 is 0 Å². The van der Waals surface area contributed by atoms with Crippen LogP contribution in [0, 0.1) is 11.6 Å². The molecule has 0 aliphatic carbocycles. The molecule has 1 aromatic heterocycles. The minimum absolute atomic E-state index is 0.130. The van der Waals surface area contributed by atoms with Gasteiger partial charge in [0.05, 0.1) is 12.8 Å². The number of H-pyrrole nitrogens is 1. The minimum atomic E-state index is -0.500. The highest BCUT2D eigenvalue weighted by atomic mass is 19.1. The second-order valence-electron chi connectivity index (χ2n) is 5.39. The molecule has 0 fully saturated rings. The van der Waals surface area contributed by atoms with Crippen LogP contribution in [0.25, 0.3) is 11.3 Å². The molecule has 3 aromatic rings. The highest BCUT2D eigenvalue weighted by molar-refractivity contribution is 5.60. The average Bonchev–Trinajstić information content (AvgIpc) is 3.08. The molecular weight excluding hydrogens is 312 g/mol. The Balaban J connectivity index is 1.94. The molecule has 1 unspecified atom stereocenters. The summed E-state index contributed by atoms with van der Waals surface area (Å²) in [6, 6.07) is 12.6. The molecule has 0 aliphatic rings. The number of methoxy groups -OCH3 is 1. The second-order valence-corrected chi connectivity index (χ2v) is 5.39. The van der Waals surface area contributed by atoms with Crippen molar-refractivity contribution in [2.24, 2.45) is 5.73 Å². The Morgan fingerprint density at radius 2 is 1.88 bits per heavy atom. The molecule has 0 saturated carbocycles. The zero-order chi connectivity index (χ0) is 17.1. The number of nitrogens with zero attached hydrogens (tertiary/aromatic N) is 1. The van der Waals surface area contributed by atoms with Crippen molar-refractivity contribution >= 4 is 0 Å². The van der Waals surface area contributed by atoms with Gasteiger partial charge in [-0.15, -0.1) is 0 Å². The molecule has 0 amide bonds. The number of nitrogens with two attached hydrogens (primary N) is 1. The Kier molecular flexibility index (Phi) is 4.57. The third-order valence-corrected chi connectivity index (χ3v) is 3.93. The number of nitrogens with one attached hydrogen (secondary N) is 1. The van der Waals surface area contributed by atoms with Crippen molar-refractivity contribution in [1.82, 2.24) is 10.2 Å². The zero-order valence-electron chi connectivity index (χ0n) is 13.1. The van der Waals surface area contributed by atoms with Crippen LogP contribution in [0.1, 0.15) is 17.2 Å². The van der Waals surface area contributed by atoms with Gasteiger partial charge in [0.25, 0.3) is 0 Å².